The molecule has 2 aliphatic heterocycles. The van der Waals surface area contributed by atoms with Crippen LogP contribution in [0.2, 0.25) is 0 Å². The lowest BCUT2D eigenvalue weighted by molar-refractivity contribution is -0.868. The van der Waals surface area contributed by atoms with Crippen molar-refractivity contribution in [3.8, 4) is 5.75 Å². The zero-order valence-electron chi connectivity index (χ0n) is 20.0. The molecule has 35 heavy (non-hydrogen) atoms. The van der Waals surface area contributed by atoms with Crippen LogP contribution >= 0.6 is 0 Å². The maximum absolute atomic E-state index is 14.5. The van der Waals surface area contributed by atoms with E-state index in [4.69, 9.17) is 0 Å². The minimum absolute atomic E-state index is 0.0420. The van der Waals surface area contributed by atoms with Crippen LogP contribution in [-0.4, -0.2) is 76.9 Å². The van der Waals surface area contributed by atoms with Crippen molar-refractivity contribution >= 4 is 11.7 Å². The van der Waals surface area contributed by atoms with Crippen molar-refractivity contribution in [3.63, 3.8) is 0 Å². The Morgan fingerprint density at radius 2 is 1.94 bits per heavy atom. The first-order valence-electron chi connectivity index (χ1n) is 12.3. The Balaban J connectivity index is 1.79. The molecule has 2 aromatic rings. The molecule has 0 aromatic heterocycles. The second-order valence-electron chi connectivity index (χ2n) is 9.91. The second kappa shape index (κ2) is 10.5. The van der Waals surface area contributed by atoms with Gasteiger partial charge in [0.15, 0.2) is 5.78 Å². The molecule has 4 rings (SSSR count). The van der Waals surface area contributed by atoms with Gasteiger partial charge in [-0.15, -0.1) is 0 Å². The lowest BCUT2D eigenvalue weighted by Gasteiger charge is -2.48. The molecule has 2 aliphatic rings. The molecule has 4 N–H and O–H groups in total. The summed E-state index contributed by atoms with van der Waals surface area (Å²) in [5.41, 5.74) is 1.15. The topological polar surface area (TPSA) is 107 Å². The van der Waals surface area contributed by atoms with Crippen LogP contribution in [0, 0.1) is 24.6 Å². The number of hydrogen-bond acceptors (Lipinski definition) is 6. The van der Waals surface area contributed by atoms with Crippen LogP contribution in [0.25, 0.3) is 0 Å². The molecular formula is C27H34FN2O5+. The molecule has 2 saturated heterocycles. The molecule has 7 nitrogen and oxygen atoms in total. The van der Waals surface area contributed by atoms with Gasteiger partial charge in [0.2, 0.25) is 0 Å². The van der Waals surface area contributed by atoms with Gasteiger partial charge in [-0.2, -0.15) is 0 Å². The van der Waals surface area contributed by atoms with E-state index in [0.29, 0.717) is 24.1 Å². The number of amides is 1. The van der Waals surface area contributed by atoms with Crippen molar-refractivity contribution in [3.05, 3.63) is 65.0 Å². The first kappa shape index (κ1) is 25.4. The third kappa shape index (κ3) is 5.02. The molecule has 0 saturated carbocycles. The van der Waals surface area contributed by atoms with Gasteiger partial charge in [-0.05, 0) is 55.6 Å². The van der Waals surface area contributed by atoms with E-state index in [1.165, 1.54) is 18.2 Å². The number of likely N-dealkylation sites (tertiary alicyclic amines) is 1. The lowest BCUT2D eigenvalue weighted by Crippen LogP contribution is -2.67. The fraction of sp³-hybridized carbons (Fsp3) is 0.481. The number of hydrogen-bond donors (Lipinski definition) is 4. The van der Waals surface area contributed by atoms with Crippen LogP contribution < -0.4 is 5.32 Å². The summed E-state index contributed by atoms with van der Waals surface area (Å²) in [5, 5.41) is 34.6. The summed E-state index contributed by atoms with van der Waals surface area (Å²) < 4.78 is 14.3. The minimum atomic E-state index is -1.11. The fourth-order valence-corrected chi connectivity index (χ4v) is 5.95. The molecule has 2 heterocycles. The van der Waals surface area contributed by atoms with Crippen molar-refractivity contribution in [1.29, 1.82) is 0 Å². The fourth-order valence-electron chi connectivity index (χ4n) is 5.95. The Bertz CT molecular complexity index is 1090. The normalized spacial score (nSPS) is 29.0. The van der Waals surface area contributed by atoms with Crippen LogP contribution in [0.5, 0.6) is 5.75 Å². The summed E-state index contributed by atoms with van der Waals surface area (Å²) in [4.78, 5) is 27.7. The molecule has 0 spiro atoms. The minimum Gasteiger partial charge on any atom is -0.508 e. The highest BCUT2D eigenvalue weighted by atomic mass is 19.1. The number of phenolic OH excluding ortho intramolecular Hbond substituents is 1. The van der Waals surface area contributed by atoms with Crippen molar-refractivity contribution in [1.82, 2.24) is 5.32 Å². The number of carbonyl (C=O) groups excluding carboxylic acids is 2. The third-order valence-corrected chi connectivity index (χ3v) is 7.71. The Morgan fingerprint density at radius 3 is 2.63 bits per heavy atom. The quantitative estimate of drug-likeness (QED) is 0.369. The summed E-state index contributed by atoms with van der Waals surface area (Å²) >= 11 is 0. The first-order chi connectivity index (χ1) is 16.8. The third-order valence-electron chi connectivity index (χ3n) is 7.71. The summed E-state index contributed by atoms with van der Waals surface area (Å²) in [5.74, 6) is -2.77. The molecule has 1 unspecified atom stereocenters. The van der Waals surface area contributed by atoms with Crippen molar-refractivity contribution in [2.24, 2.45) is 11.8 Å². The molecule has 2 fully saturated rings. The predicted molar refractivity (Wildman–Crippen MR) is 128 cm³/mol. The molecule has 0 radical (unpaired) electrons. The zero-order valence-corrected chi connectivity index (χ0v) is 20.0. The standard InChI is InChI=1S/C27H33FN2O5/c1-17-21(8-3-9-23(17)28)25-22(26(34)18-5-2-7-20(32)13-18)15-30(11-12-31,16-24(25)33)27(35)19-6-4-10-29-14-19/h2-3,5,7-9,13,19,22,24-25,29,31,33H,4,6,10-12,14-16H2,1H3/p+1/t19?,22-,24-,25+,30+/m0/s1. The highest BCUT2D eigenvalue weighted by Crippen LogP contribution is 2.41. The summed E-state index contributed by atoms with van der Waals surface area (Å²) in [6.45, 7) is 2.93. The van der Waals surface area contributed by atoms with E-state index in [2.05, 4.69) is 5.32 Å². The van der Waals surface area contributed by atoms with Gasteiger partial charge < -0.3 is 20.6 Å². The van der Waals surface area contributed by atoms with Crippen molar-refractivity contribution in [2.75, 3.05) is 39.3 Å². The number of quaternary nitrogens is 1. The molecule has 2 aromatic carbocycles. The maximum Gasteiger partial charge on any atom is 0.318 e. The van der Waals surface area contributed by atoms with E-state index in [1.54, 1.807) is 31.2 Å². The number of phenols is 1. The zero-order chi connectivity index (χ0) is 25.2. The average Bonchev–Trinajstić information content (AvgIpc) is 2.85. The van der Waals surface area contributed by atoms with Crippen LogP contribution in [0.1, 0.15) is 40.2 Å². The van der Waals surface area contributed by atoms with Gasteiger partial charge in [-0.3, -0.25) is 9.28 Å². The first-order valence-corrected chi connectivity index (χ1v) is 12.3. The van der Waals surface area contributed by atoms with Gasteiger partial charge in [0.25, 0.3) is 0 Å². The van der Waals surface area contributed by atoms with Gasteiger partial charge in [-0.1, -0.05) is 24.3 Å². The largest absolute Gasteiger partial charge is 0.508 e. The number of rotatable bonds is 6. The van der Waals surface area contributed by atoms with Crippen LogP contribution in [0.15, 0.2) is 42.5 Å². The summed E-state index contributed by atoms with van der Waals surface area (Å²) in [7, 11) is 0. The lowest BCUT2D eigenvalue weighted by atomic mass is 9.72. The SMILES string of the molecule is Cc1c(F)cccc1[C@@H]1[C@@H](C(=O)c2cccc(O)c2)C[N@@+](CCO)(C(=O)C2CCCNC2)C[C@@H]1O. The number of piperidine rings is 2. The van der Waals surface area contributed by atoms with Gasteiger partial charge >= 0.3 is 5.91 Å². The van der Waals surface area contributed by atoms with Gasteiger partial charge in [0, 0.05) is 18.0 Å². The Kier molecular flexibility index (Phi) is 7.66. The molecule has 1 amide bonds. The molecule has 188 valence electrons. The van der Waals surface area contributed by atoms with Crippen LogP contribution in [0.3, 0.4) is 0 Å². The monoisotopic (exact) mass is 485 g/mol. The highest BCUT2D eigenvalue weighted by molar-refractivity contribution is 5.99. The van der Waals surface area contributed by atoms with E-state index in [9.17, 15) is 29.3 Å². The molecule has 5 atom stereocenters. The molecular weight excluding hydrogens is 451 g/mol. The molecule has 0 bridgehead atoms. The van der Waals surface area contributed by atoms with E-state index in [-0.39, 0.29) is 59.6 Å². The number of aromatic hydroxyl groups is 1. The van der Waals surface area contributed by atoms with Crippen molar-refractivity contribution < 1.29 is 33.8 Å². The van der Waals surface area contributed by atoms with E-state index in [1.807, 2.05) is 0 Å². The Morgan fingerprint density at radius 1 is 1.17 bits per heavy atom. The summed E-state index contributed by atoms with van der Waals surface area (Å²) in [6.07, 6.45) is 0.461. The van der Waals surface area contributed by atoms with Gasteiger partial charge in [-0.25, -0.2) is 9.18 Å². The van der Waals surface area contributed by atoms with Crippen LogP contribution in [-0.2, 0) is 4.79 Å². The smallest absolute Gasteiger partial charge is 0.318 e. The van der Waals surface area contributed by atoms with Gasteiger partial charge in [0.05, 0.1) is 25.0 Å². The molecule has 0 aliphatic carbocycles. The number of aliphatic hydroxyl groups excluding tert-OH is 2. The number of nitrogens with zero attached hydrogens (tertiary/aromatic N) is 1. The second-order valence-corrected chi connectivity index (χ2v) is 9.91. The Labute approximate surface area is 204 Å². The average molecular weight is 486 g/mol. The van der Waals surface area contributed by atoms with E-state index >= 15 is 0 Å². The highest BCUT2D eigenvalue weighted by Gasteiger charge is 2.54. The number of Topliss-reactive ketones (excluding diaryl/α,β-unsaturated/α-hetero) is 1. The predicted octanol–water partition coefficient (Wildman–Crippen LogP) is 2.13. The number of ketones is 1. The van der Waals surface area contributed by atoms with E-state index in [0.717, 1.165) is 13.0 Å². The number of aliphatic hydroxyl groups is 2. The van der Waals surface area contributed by atoms with E-state index < -0.39 is 23.8 Å². The number of benzene rings is 2. The number of nitrogens with one attached hydrogen (secondary N) is 1. The summed E-state index contributed by atoms with van der Waals surface area (Å²) in [6, 6.07) is 10.6. The van der Waals surface area contributed by atoms with Gasteiger partial charge in [0.1, 0.15) is 30.8 Å². The maximum atomic E-state index is 14.5. The number of carbonyl (C=O) groups is 2. The Hall–Kier alpha value is -2.65. The number of halogens is 1. The van der Waals surface area contributed by atoms with Crippen molar-refractivity contribution in [2.45, 2.75) is 31.8 Å². The van der Waals surface area contributed by atoms with Crippen LogP contribution in [0.4, 0.5) is 4.39 Å². The molecule has 8 heteroatoms.